The molecule has 0 heterocycles. The maximum atomic E-state index is 11.3. The van der Waals surface area contributed by atoms with Crippen molar-refractivity contribution in [3.8, 4) is 0 Å². The van der Waals surface area contributed by atoms with Gasteiger partial charge in [0.2, 0.25) is 0 Å². The molecular weight excluding hydrogens is 282 g/mol. The Hall–Kier alpha value is -1.10. The Morgan fingerprint density at radius 2 is 1.23 bits per heavy atom. The zero-order valence-corrected chi connectivity index (χ0v) is 15.3. The predicted octanol–water partition coefficient (Wildman–Crippen LogP) is 3.53. The molecule has 0 spiro atoms. The van der Waals surface area contributed by atoms with Crippen molar-refractivity contribution < 1.29 is 19.8 Å². The van der Waals surface area contributed by atoms with Crippen LogP contribution in [0, 0.1) is 10.8 Å². The van der Waals surface area contributed by atoms with Crippen molar-refractivity contribution >= 4 is 11.9 Å². The van der Waals surface area contributed by atoms with E-state index in [1.807, 2.05) is 41.5 Å². The van der Waals surface area contributed by atoms with E-state index in [-0.39, 0.29) is 22.9 Å². The topological polar surface area (TPSA) is 86.6 Å². The lowest BCUT2D eigenvalue weighted by Crippen LogP contribution is -2.55. The van der Waals surface area contributed by atoms with Gasteiger partial charge >= 0.3 is 11.9 Å². The number of hydrogen-bond acceptors (Lipinski definition) is 3. The summed E-state index contributed by atoms with van der Waals surface area (Å²) in [5.74, 6) is -1.61. The molecular formula is C17H33NO4. The van der Waals surface area contributed by atoms with Gasteiger partial charge in [0.05, 0.1) is 11.8 Å². The van der Waals surface area contributed by atoms with Crippen molar-refractivity contribution in [3.05, 3.63) is 0 Å². The molecule has 0 rings (SSSR count). The molecule has 0 amide bonds. The summed E-state index contributed by atoms with van der Waals surface area (Å²) >= 11 is 0. The Kier molecular flexibility index (Phi) is 6.24. The average molecular weight is 315 g/mol. The van der Waals surface area contributed by atoms with Crippen LogP contribution < -0.4 is 5.32 Å². The molecule has 0 saturated carbocycles. The highest BCUT2D eigenvalue weighted by molar-refractivity contribution is 5.73. The number of rotatable bonds is 9. The molecule has 0 aliphatic rings. The molecule has 130 valence electrons. The zero-order chi connectivity index (χ0) is 18.0. The Balaban J connectivity index is 4.95. The third kappa shape index (κ3) is 7.78. The minimum atomic E-state index is -0.816. The number of nitrogens with one attached hydrogen (secondary N) is 1. The molecule has 5 heteroatoms. The van der Waals surface area contributed by atoms with Crippen molar-refractivity contribution in [1.82, 2.24) is 5.32 Å². The fourth-order valence-corrected chi connectivity index (χ4v) is 3.85. The molecule has 0 unspecified atom stereocenters. The van der Waals surface area contributed by atoms with Gasteiger partial charge in [-0.05, 0) is 59.8 Å². The van der Waals surface area contributed by atoms with Crippen molar-refractivity contribution in [2.24, 2.45) is 10.8 Å². The summed E-state index contributed by atoms with van der Waals surface area (Å²) in [5, 5.41) is 21.8. The Morgan fingerprint density at radius 3 is 1.59 bits per heavy atom. The lowest BCUT2D eigenvalue weighted by Gasteiger charge is -2.43. The van der Waals surface area contributed by atoms with Gasteiger partial charge in [0.15, 0.2) is 0 Å². The molecule has 0 aromatic carbocycles. The number of carbonyl (C=O) groups is 2. The van der Waals surface area contributed by atoms with Gasteiger partial charge in [0.25, 0.3) is 0 Å². The Morgan fingerprint density at radius 1 is 0.818 bits per heavy atom. The van der Waals surface area contributed by atoms with Crippen molar-refractivity contribution in [2.45, 2.75) is 85.7 Å². The lowest BCUT2D eigenvalue weighted by atomic mass is 9.75. The fourth-order valence-electron chi connectivity index (χ4n) is 3.85. The van der Waals surface area contributed by atoms with E-state index in [1.165, 1.54) is 0 Å². The van der Waals surface area contributed by atoms with Crippen LogP contribution in [0.5, 0.6) is 0 Å². The average Bonchev–Trinajstić information content (AvgIpc) is 2.06. The first-order valence-corrected chi connectivity index (χ1v) is 7.73. The number of carboxylic acids is 2. The minimum absolute atomic E-state index is 0.110. The van der Waals surface area contributed by atoms with Gasteiger partial charge in [-0.1, -0.05) is 13.8 Å². The van der Waals surface area contributed by atoms with Crippen molar-refractivity contribution in [1.29, 1.82) is 0 Å². The van der Waals surface area contributed by atoms with Crippen LogP contribution in [-0.2, 0) is 9.59 Å². The van der Waals surface area contributed by atoms with E-state index in [1.54, 1.807) is 13.8 Å². The minimum Gasteiger partial charge on any atom is -0.481 e. The van der Waals surface area contributed by atoms with Gasteiger partial charge in [-0.25, -0.2) is 0 Å². The maximum absolute atomic E-state index is 11.3. The highest BCUT2D eigenvalue weighted by Crippen LogP contribution is 2.35. The van der Waals surface area contributed by atoms with Crippen LogP contribution in [0.1, 0.15) is 74.7 Å². The summed E-state index contributed by atoms with van der Waals surface area (Å²) in [6.07, 6.45) is 1.28. The van der Waals surface area contributed by atoms with Gasteiger partial charge < -0.3 is 15.5 Å². The number of hydrogen-bond donors (Lipinski definition) is 3. The fraction of sp³-hybridized carbons (Fsp3) is 0.882. The molecule has 0 aromatic heterocycles. The van der Waals surface area contributed by atoms with E-state index in [9.17, 15) is 14.7 Å². The van der Waals surface area contributed by atoms with Crippen LogP contribution >= 0.6 is 0 Å². The van der Waals surface area contributed by atoms with E-state index >= 15 is 0 Å². The molecule has 3 N–H and O–H groups in total. The summed E-state index contributed by atoms with van der Waals surface area (Å²) in [7, 11) is 0. The summed E-state index contributed by atoms with van der Waals surface area (Å²) in [6, 6.07) is 0. The molecule has 0 fully saturated rings. The number of aliphatic carboxylic acids is 2. The zero-order valence-electron chi connectivity index (χ0n) is 15.3. The van der Waals surface area contributed by atoms with Crippen molar-refractivity contribution in [2.75, 3.05) is 0 Å². The Labute approximate surface area is 134 Å². The maximum Gasteiger partial charge on any atom is 0.309 e. The first kappa shape index (κ1) is 20.9. The molecule has 0 aromatic rings. The van der Waals surface area contributed by atoms with E-state index in [0.29, 0.717) is 12.8 Å². The molecule has 0 radical (unpaired) electrons. The third-order valence-electron chi connectivity index (χ3n) is 3.69. The van der Waals surface area contributed by atoms with E-state index < -0.39 is 17.4 Å². The third-order valence-corrected chi connectivity index (χ3v) is 3.69. The van der Waals surface area contributed by atoms with Crippen molar-refractivity contribution in [3.63, 3.8) is 0 Å². The van der Waals surface area contributed by atoms with Crippen LogP contribution in [0.25, 0.3) is 0 Å². The van der Waals surface area contributed by atoms with Crippen LogP contribution in [0.2, 0.25) is 0 Å². The molecule has 22 heavy (non-hydrogen) atoms. The van der Waals surface area contributed by atoms with E-state index in [4.69, 9.17) is 5.11 Å². The lowest BCUT2D eigenvalue weighted by molar-refractivity contribution is -0.148. The SMILES string of the molecule is CC(C)(CC(=O)O)CC(C)(C)NC(C)(C)CC(C)(C)C(=O)O. The molecule has 0 bridgehead atoms. The van der Waals surface area contributed by atoms with Gasteiger partial charge in [-0.15, -0.1) is 0 Å². The second-order valence-corrected chi connectivity index (χ2v) is 9.17. The second kappa shape index (κ2) is 6.57. The van der Waals surface area contributed by atoms with E-state index in [2.05, 4.69) is 5.32 Å². The van der Waals surface area contributed by atoms with Crippen LogP contribution in [0.15, 0.2) is 0 Å². The quantitative estimate of drug-likeness (QED) is 0.606. The molecule has 0 aliphatic heterocycles. The molecule has 0 atom stereocenters. The summed E-state index contributed by atoms with van der Waals surface area (Å²) in [6.45, 7) is 15.4. The number of carboxylic acid groups (broad SMARTS) is 2. The van der Waals surface area contributed by atoms with Gasteiger partial charge in [-0.2, -0.15) is 0 Å². The summed E-state index contributed by atoms with van der Waals surface area (Å²) < 4.78 is 0. The van der Waals surface area contributed by atoms with Gasteiger partial charge in [-0.3, -0.25) is 9.59 Å². The van der Waals surface area contributed by atoms with Gasteiger partial charge in [0, 0.05) is 11.1 Å². The molecule has 0 saturated heterocycles. The first-order chi connectivity index (χ1) is 9.48. The smallest absolute Gasteiger partial charge is 0.309 e. The second-order valence-electron chi connectivity index (χ2n) is 9.17. The first-order valence-electron chi connectivity index (χ1n) is 7.73. The van der Waals surface area contributed by atoms with Crippen LogP contribution in [0.4, 0.5) is 0 Å². The van der Waals surface area contributed by atoms with Crippen LogP contribution in [0.3, 0.4) is 0 Å². The normalized spacial score (nSPS) is 14.0. The molecule has 0 aliphatic carbocycles. The van der Waals surface area contributed by atoms with Crippen LogP contribution in [-0.4, -0.2) is 33.2 Å². The highest BCUT2D eigenvalue weighted by atomic mass is 16.4. The van der Waals surface area contributed by atoms with E-state index in [0.717, 1.165) is 0 Å². The summed E-state index contributed by atoms with van der Waals surface area (Å²) in [4.78, 5) is 22.3. The Bertz CT molecular complexity index is 422. The highest BCUT2D eigenvalue weighted by Gasteiger charge is 2.39. The largest absolute Gasteiger partial charge is 0.481 e. The monoisotopic (exact) mass is 315 g/mol. The molecule has 5 nitrogen and oxygen atoms in total. The predicted molar refractivity (Wildman–Crippen MR) is 88.0 cm³/mol. The van der Waals surface area contributed by atoms with Gasteiger partial charge in [0.1, 0.15) is 0 Å². The standard InChI is InChI=1S/C17H33NO4/c1-14(2,9-12(19)20)10-16(5,6)18-17(7,8)11-15(3,4)13(21)22/h18H,9-11H2,1-8H3,(H,19,20)(H,21,22). The summed E-state index contributed by atoms with van der Waals surface area (Å²) in [5.41, 5.74) is -1.81.